The van der Waals surface area contributed by atoms with Gasteiger partial charge in [0.25, 0.3) is 0 Å². The van der Waals surface area contributed by atoms with Crippen LogP contribution in [-0.2, 0) is 0 Å². The molecule has 104 valence electrons. The number of hydrogen-bond acceptors (Lipinski definition) is 3. The Labute approximate surface area is 116 Å². The first-order valence-electron chi connectivity index (χ1n) is 7.07. The molecule has 3 heteroatoms. The summed E-state index contributed by atoms with van der Waals surface area (Å²) in [6.45, 7) is 9.16. The fourth-order valence-electron chi connectivity index (χ4n) is 2.42. The third kappa shape index (κ3) is 4.08. The SMILES string of the molecule is CCN1CCN(CC=Cc2ccccc2OC)CC1. The van der Waals surface area contributed by atoms with Crippen molar-refractivity contribution in [3.8, 4) is 5.75 Å². The molecule has 2 rings (SSSR count). The van der Waals surface area contributed by atoms with E-state index in [1.54, 1.807) is 7.11 Å². The Hall–Kier alpha value is -1.32. The molecule has 0 aliphatic carbocycles. The van der Waals surface area contributed by atoms with E-state index in [-0.39, 0.29) is 0 Å². The van der Waals surface area contributed by atoms with Gasteiger partial charge < -0.3 is 9.64 Å². The van der Waals surface area contributed by atoms with E-state index < -0.39 is 0 Å². The van der Waals surface area contributed by atoms with Gasteiger partial charge in [-0.3, -0.25) is 4.90 Å². The minimum atomic E-state index is 0.939. The van der Waals surface area contributed by atoms with Gasteiger partial charge in [0.1, 0.15) is 5.75 Å². The minimum absolute atomic E-state index is 0.939. The second-order valence-electron chi connectivity index (χ2n) is 4.88. The average molecular weight is 260 g/mol. The molecule has 0 N–H and O–H groups in total. The van der Waals surface area contributed by atoms with Crippen LogP contribution >= 0.6 is 0 Å². The van der Waals surface area contributed by atoms with Gasteiger partial charge in [-0.15, -0.1) is 0 Å². The smallest absolute Gasteiger partial charge is 0.126 e. The molecular formula is C16H24N2O. The summed E-state index contributed by atoms with van der Waals surface area (Å²) in [6, 6.07) is 8.13. The lowest BCUT2D eigenvalue weighted by Gasteiger charge is -2.33. The van der Waals surface area contributed by atoms with Crippen LogP contribution in [0.4, 0.5) is 0 Å². The molecule has 1 aromatic carbocycles. The van der Waals surface area contributed by atoms with Gasteiger partial charge in [0, 0.05) is 38.3 Å². The maximum absolute atomic E-state index is 5.34. The molecule has 0 radical (unpaired) electrons. The number of likely N-dealkylation sites (N-methyl/N-ethyl adjacent to an activating group) is 1. The normalized spacial score (nSPS) is 18.0. The molecule has 0 bridgehead atoms. The van der Waals surface area contributed by atoms with Crippen molar-refractivity contribution in [2.45, 2.75) is 6.92 Å². The molecule has 0 saturated carbocycles. The van der Waals surface area contributed by atoms with E-state index in [1.807, 2.05) is 18.2 Å². The summed E-state index contributed by atoms with van der Waals surface area (Å²) in [7, 11) is 1.72. The van der Waals surface area contributed by atoms with Crippen LogP contribution in [0, 0.1) is 0 Å². The van der Waals surface area contributed by atoms with Crippen molar-refractivity contribution in [3.63, 3.8) is 0 Å². The Kier molecular flexibility index (Phi) is 5.43. The molecule has 1 aliphatic rings. The Balaban J connectivity index is 1.83. The van der Waals surface area contributed by atoms with Crippen molar-refractivity contribution in [1.82, 2.24) is 9.80 Å². The van der Waals surface area contributed by atoms with E-state index in [9.17, 15) is 0 Å². The van der Waals surface area contributed by atoms with Crippen molar-refractivity contribution in [3.05, 3.63) is 35.9 Å². The molecule has 0 atom stereocenters. The van der Waals surface area contributed by atoms with Crippen molar-refractivity contribution >= 4 is 6.08 Å². The highest BCUT2D eigenvalue weighted by molar-refractivity contribution is 5.57. The number of benzene rings is 1. The summed E-state index contributed by atoms with van der Waals surface area (Å²) in [5.74, 6) is 0.939. The second kappa shape index (κ2) is 7.31. The van der Waals surface area contributed by atoms with Crippen LogP contribution < -0.4 is 4.74 Å². The molecule has 19 heavy (non-hydrogen) atoms. The number of methoxy groups -OCH3 is 1. The zero-order chi connectivity index (χ0) is 13.5. The monoisotopic (exact) mass is 260 g/mol. The van der Waals surface area contributed by atoms with Crippen LogP contribution in [0.25, 0.3) is 6.08 Å². The molecule has 1 heterocycles. The molecule has 0 amide bonds. The second-order valence-corrected chi connectivity index (χ2v) is 4.88. The van der Waals surface area contributed by atoms with Crippen LogP contribution in [0.2, 0.25) is 0 Å². The summed E-state index contributed by atoms with van der Waals surface area (Å²) in [6.07, 6.45) is 4.39. The maximum Gasteiger partial charge on any atom is 0.126 e. The molecular weight excluding hydrogens is 236 g/mol. The lowest BCUT2D eigenvalue weighted by Crippen LogP contribution is -2.45. The maximum atomic E-state index is 5.34. The van der Waals surface area contributed by atoms with Crippen LogP contribution in [0.15, 0.2) is 30.3 Å². The van der Waals surface area contributed by atoms with E-state index in [2.05, 4.69) is 34.9 Å². The third-order valence-corrected chi connectivity index (χ3v) is 3.71. The van der Waals surface area contributed by atoms with Crippen LogP contribution in [0.3, 0.4) is 0 Å². The van der Waals surface area contributed by atoms with Gasteiger partial charge in [-0.25, -0.2) is 0 Å². The molecule has 1 aromatic rings. The highest BCUT2D eigenvalue weighted by Gasteiger charge is 2.13. The van der Waals surface area contributed by atoms with Crippen molar-refractivity contribution < 1.29 is 4.74 Å². The molecule has 0 spiro atoms. The van der Waals surface area contributed by atoms with Crippen molar-refractivity contribution in [1.29, 1.82) is 0 Å². The predicted octanol–water partition coefficient (Wildman–Crippen LogP) is 2.35. The van der Waals surface area contributed by atoms with Crippen LogP contribution in [0.5, 0.6) is 5.75 Å². The highest BCUT2D eigenvalue weighted by atomic mass is 16.5. The van der Waals surface area contributed by atoms with Gasteiger partial charge in [0.15, 0.2) is 0 Å². The zero-order valence-electron chi connectivity index (χ0n) is 12.0. The topological polar surface area (TPSA) is 15.7 Å². The molecule has 0 unspecified atom stereocenters. The zero-order valence-corrected chi connectivity index (χ0v) is 12.0. The molecule has 1 aliphatic heterocycles. The molecule has 3 nitrogen and oxygen atoms in total. The molecule has 1 fully saturated rings. The van der Waals surface area contributed by atoms with E-state index in [0.717, 1.165) is 17.9 Å². The molecule has 1 saturated heterocycles. The van der Waals surface area contributed by atoms with Gasteiger partial charge >= 0.3 is 0 Å². The quantitative estimate of drug-likeness (QED) is 0.808. The fraction of sp³-hybridized carbons (Fsp3) is 0.500. The number of hydrogen-bond donors (Lipinski definition) is 0. The van der Waals surface area contributed by atoms with Gasteiger partial charge in [-0.2, -0.15) is 0 Å². The average Bonchev–Trinajstić information content (AvgIpc) is 2.48. The van der Waals surface area contributed by atoms with Crippen molar-refractivity contribution in [2.75, 3.05) is 46.4 Å². The predicted molar refractivity (Wildman–Crippen MR) is 80.6 cm³/mol. The van der Waals surface area contributed by atoms with Crippen molar-refractivity contribution in [2.24, 2.45) is 0 Å². The van der Waals surface area contributed by atoms with Gasteiger partial charge in [-0.1, -0.05) is 37.3 Å². The van der Waals surface area contributed by atoms with E-state index >= 15 is 0 Å². The van der Waals surface area contributed by atoms with E-state index in [1.165, 1.54) is 32.7 Å². The number of nitrogens with zero attached hydrogens (tertiary/aromatic N) is 2. The number of piperazine rings is 1. The van der Waals surface area contributed by atoms with Crippen LogP contribution in [-0.4, -0.2) is 56.2 Å². The Morgan fingerprint density at radius 1 is 1.11 bits per heavy atom. The summed E-state index contributed by atoms with van der Waals surface area (Å²) >= 11 is 0. The lowest BCUT2D eigenvalue weighted by molar-refractivity contribution is 0.148. The summed E-state index contributed by atoms with van der Waals surface area (Å²) in [5.41, 5.74) is 1.15. The fourth-order valence-corrected chi connectivity index (χ4v) is 2.42. The minimum Gasteiger partial charge on any atom is -0.496 e. The largest absolute Gasteiger partial charge is 0.496 e. The third-order valence-electron chi connectivity index (χ3n) is 3.71. The lowest BCUT2D eigenvalue weighted by atomic mass is 10.2. The summed E-state index contributed by atoms with van der Waals surface area (Å²) in [5, 5.41) is 0. The summed E-state index contributed by atoms with van der Waals surface area (Å²) in [4.78, 5) is 5.00. The number of para-hydroxylation sites is 1. The van der Waals surface area contributed by atoms with E-state index in [0.29, 0.717) is 0 Å². The first-order chi connectivity index (χ1) is 9.33. The Morgan fingerprint density at radius 2 is 1.79 bits per heavy atom. The molecule has 0 aromatic heterocycles. The van der Waals surface area contributed by atoms with E-state index in [4.69, 9.17) is 4.74 Å². The number of ether oxygens (including phenoxy) is 1. The number of rotatable bonds is 5. The Bertz CT molecular complexity index is 409. The first kappa shape index (κ1) is 14.1. The van der Waals surface area contributed by atoms with Gasteiger partial charge in [-0.05, 0) is 12.6 Å². The summed E-state index contributed by atoms with van der Waals surface area (Å²) < 4.78 is 5.34. The highest BCUT2D eigenvalue weighted by Crippen LogP contribution is 2.18. The first-order valence-corrected chi connectivity index (χ1v) is 7.07. The standard InChI is InChI=1S/C16H24N2O/c1-3-17-11-13-18(14-12-17)10-6-8-15-7-4-5-9-16(15)19-2/h4-9H,3,10-14H2,1-2H3. The Morgan fingerprint density at radius 3 is 2.47 bits per heavy atom. The van der Waals surface area contributed by atoms with Gasteiger partial charge in [0.2, 0.25) is 0 Å². The van der Waals surface area contributed by atoms with Gasteiger partial charge in [0.05, 0.1) is 7.11 Å². The van der Waals surface area contributed by atoms with Crippen LogP contribution in [0.1, 0.15) is 12.5 Å².